The molecular weight excluding hydrogens is 292 g/mol. The van der Waals surface area contributed by atoms with Gasteiger partial charge in [-0.15, -0.1) is 0 Å². The second kappa shape index (κ2) is 5.58. The Labute approximate surface area is 108 Å². The van der Waals surface area contributed by atoms with Gasteiger partial charge in [0, 0.05) is 17.7 Å². The van der Waals surface area contributed by atoms with Crippen LogP contribution in [0, 0.1) is 6.92 Å². The Hall–Kier alpha value is -0.970. The number of nitrogens with one attached hydrogen (secondary N) is 1. The molecule has 5 heteroatoms. The summed E-state index contributed by atoms with van der Waals surface area (Å²) in [7, 11) is 0. The number of halogens is 3. The fourth-order valence-electron chi connectivity index (χ4n) is 1.47. The van der Waals surface area contributed by atoms with E-state index < -0.39 is 11.3 Å². The van der Waals surface area contributed by atoms with Gasteiger partial charge in [-0.3, -0.25) is 4.79 Å². The number of hydrogen-bond donors (Lipinski definition) is 1. The maximum Gasteiger partial charge on any atom is 0.283 e. The predicted octanol–water partition coefficient (Wildman–Crippen LogP) is 3.83. The fourth-order valence-corrected chi connectivity index (χ4v) is 1.78. The molecule has 0 atom stereocenters. The van der Waals surface area contributed by atoms with Crippen LogP contribution in [0.3, 0.4) is 0 Å². The predicted molar refractivity (Wildman–Crippen MR) is 67.8 cm³/mol. The van der Waals surface area contributed by atoms with E-state index >= 15 is 0 Å². The quantitative estimate of drug-likeness (QED) is 0.842. The Morgan fingerprint density at radius 3 is 2.59 bits per heavy atom. The molecule has 0 unspecified atom stereocenters. The minimum atomic E-state index is -2.89. The van der Waals surface area contributed by atoms with Gasteiger partial charge in [-0.1, -0.05) is 28.9 Å². The average molecular weight is 306 g/mol. The van der Waals surface area contributed by atoms with Crippen molar-refractivity contribution in [3.8, 4) is 0 Å². The maximum absolute atomic E-state index is 13.5. The summed E-state index contributed by atoms with van der Waals surface area (Å²) in [6.07, 6.45) is 0.359. The third-order valence-electron chi connectivity index (χ3n) is 2.39. The minimum absolute atomic E-state index is 0.0242. The Balaban J connectivity index is 2.98. The van der Waals surface area contributed by atoms with Crippen molar-refractivity contribution in [1.82, 2.24) is 0 Å². The maximum atomic E-state index is 13.5. The highest BCUT2D eigenvalue weighted by Crippen LogP contribution is 2.33. The zero-order valence-electron chi connectivity index (χ0n) is 9.69. The van der Waals surface area contributed by atoms with Crippen LogP contribution in [0.25, 0.3) is 0 Å². The Bertz CT molecular complexity index is 421. The molecule has 0 fully saturated rings. The molecular formula is C12H14BrF2NO. The smallest absolute Gasteiger partial charge is 0.283 e. The molecule has 1 aromatic carbocycles. The highest BCUT2D eigenvalue weighted by molar-refractivity contribution is 9.09. The van der Waals surface area contributed by atoms with Crippen molar-refractivity contribution in [3.63, 3.8) is 0 Å². The first-order valence-electron chi connectivity index (χ1n) is 5.25. The van der Waals surface area contributed by atoms with Crippen LogP contribution < -0.4 is 5.32 Å². The molecule has 1 N–H and O–H groups in total. The lowest BCUT2D eigenvalue weighted by Gasteiger charge is -2.17. The minimum Gasteiger partial charge on any atom is -0.326 e. The molecule has 0 spiro atoms. The molecule has 0 heterocycles. The summed E-state index contributed by atoms with van der Waals surface area (Å²) in [5.41, 5.74) is 0.982. The molecule has 0 aliphatic rings. The van der Waals surface area contributed by atoms with Crippen molar-refractivity contribution < 1.29 is 13.6 Å². The number of carbonyl (C=O) groups excluding carboxylic acids is 1. The number of alkyl halides is 3. The van der Waals surface area contributed by atoms with Gasteiger partial charge in [-0.2, -0.15) is 0 Å². The van der Waals surface area contributed by atoms with Crippen molar-refractivity contribution >= 4 is 27.5 Å². The zero-order valence-corrected chi connectivity index (χ0v) is 11.3. The van der Waals surface area contributed by atoms with Gasteiger partial charge in [-0.25, -0.2) is 8.78 Å². The summed E-state index contributed by atoms with van der Waals surface area (Å²) in [4.78, 5) is 11.2. The lowest BCUT2D eigenvalue weighted by molar-refractivity contribution is -0.115. The molecule has 0 radical (unpaired) electrons. The monoisotopic (exact) mass is 305 g/mol. The van der Waals surface area contributed by atoms with E-state index in [1.165, 1.54) is 12.1 Å². The summed E-state index contributed by atoms with van der Waals surface area (Å²) in [5.74, 6) is -3.03. The second-order valence-electron chi connectivity index (χ2n) is 3.77. The fraction of sp³-hybridized carbons (Fsp3) is 0.417. The third kappa shape index (κ3) is 3.49. The van der Waals surface area contributed by atoms with E-state index in [0.29, 0.717) is 17.7 Å². The first kappa shape index (κ1) is 14.1. The van der Waals surface area contributed by atoms with E-state index in [1.807, 2.05) is 0 Å². The molecule has 17 heavy (non-hydrogen) atoms. The van der Waals surface area contributed by atoms with Crippen LogP contribution in [-0.4, -0.2) is 11.2 Å². The zero-order chi connectivity index (χ0) is 13.1. The number of hydrogen-bond acceptors (Lipinski definition) is 1. The molecule has 0 saturated heterocycles. The number of carbonyl (C=O) groups is 1. The Morgan fingerprint density at radius 2 is 2.12 bits per heavy atom. The highest BCUT2D eigenvalue weighted by Gasteiger charge is 2.31. The van der Waals surface area contributed by atoms with Crippen molar-refractivity contribution in [2.24, 2.45) is 0 Å². The number of benzene rings is 1. The molecule has 0 bridgehead atoms. The van der Waals surface area contributed by atoms with Gasteiger partial charge >= 0.3 is 0 Å². The van der Waals surface area contributed by atoms with Crippen LogP contribution in [0.4, 0.5) is 14.5 Å². The van der Waals surface area contributed by atoms with Crippen molar-refractivity contribution in [2.75, 3.05) is 10.6 Å². The van der Waals surface area contributed by atoms with E-state index in [0.717, 1.165) is 0 Å². The SMILES string of the molecule is CCC(=O)Nc1ccc(C(F)(F)CBr)c(C)c1. The molecule has 94 valence electrons. The summed E-state index contributed by atoms with van der Waals surface area (Å²) in [5, 5.41) is 2.22. The van der Waals surface area contributed by atoms with Gasteiger partial charge in [0.15, 0.2) is 0 Å². The normalized spacial score (nSPS) is 11.4. The Kier molecular flexibility index (Phi) is 4.62. The molecule has 0 saturated carbocycles. The molecule has 1 aromatic rings. The van der Waals surface area contributed by atoms with Crippen molar-refractivity contribution in [1.29, 1.82) is 0 Å². The first-order valence-corrected chi connectivity index (χ1v) is 6.37. The summed E-state index contributed by atoms with van der Waals surface area (Å²) >= 11 is 2.79. The highest BCUT2D eigenvalue weighted by atomic mass is 79.9. The van der Waals surface area contributed by atoms with E-state index in [1.54, 1.807) is 19.9 Å². The van der Waals surface area contributed by atoms with Gasteiger partial charge in [0.25, 0.3) is 5.92 Å². The van der Waals surface area contributed by atoms with E-state index in [-0.39, 0.29) is 11.5 Å². The van der Waals surface area contributed by atoms with Crippen LogP contribution >= 0.6 is 15.9 Å². The average Bonchev–Trinajstić information content (AvgIpc) is 2.28. The molecule has 1 rings (SSSR count). The van der Waals surface area contributed by atoms with Crippen LogP contribution in [-0.2, 0) is 10.7 Å². The van der Waals surface area contributed by atoms with Gasteiger partial charge in [0.05, 0.1) is 5.33 Å². The number of rotatable bonds is 4. The number of aryl methyl sites for hydroxylation is 1. The van der Waals surface area contributed by atoms with Crippen LogP contribution in [0.5, 0.6) is 0 Å². The van der Waals surface area contributed by atoms with E-state index in [9.17, 15) is 13.6 Å². The molecule has 0 aliphatic heterocycles. The van der Waals surface area contributed by atoms with Gasteiger partial charge in [0.1, 0.15) is 0 Å². The molecule has 0 aliphatic carbocycles. The Morgan fingerprint density at radius 1 is 1.47 bits per heavy atom. The molecule has 1 amide bonds. The lowest BCUT2D eigenvalue weighted by atomic mass is 10.0. The van der Waals surface area contributed by atoms with Crippen LogP contribution in [0.2, 0.25) is 0 Å². The summed E-state index contributed by atoms with van der Waals surface area (Å²) in [6, 6.07) is 4.40. The van der Waals surface area contributed by atoms with Gasteiger partial charge in [0.2, 0.25) is 5.91 Å². The van der Waals surface area contributed by atoms with Crippen molar-refractivity contribution in [3.05, 3.63) is 29.3 Å². The first-order chi connectivity index (χ1) is 7.90. The molecule has 0 aromatic heterocycles. The summed E-state index contributed by atoms with van der Waals surface area (Å²) in [6.45, 7) is 3.34. The third-order valence-corrected chi connectivity index (χ3v) is 3.10. The van der Waals surface area contributed by atoms with Gasteiger partial charge < -0.3 is 5.32 Å². The number of anilines is 1. The molecule has 2 nitrogen and oxygen atoms in total. The topological polar surface area (TPSA) is 29.1 Å². The van der Waals surface area contributed by atoms with Crippen LogP contribution in [0.15, 0.2) is 18.2 Å². The van der Waals surface area contributed by atoms with Crippen LogP contribution in [0.1, 0.15) is 24.5 Å². The largest absolute Gasteiger partial charge is 0.326 e. The van der Waals surface area contributed by atoms with Crippen molar-refractivity contribution in [2.45, 2.75) is 26.2 Å². The lowest BCUT2D eigenvalue weighted by Crippen LogP contribution is -2.17. The van der Waals surface area contributed by atoms with Gasteiger partial charge in [-0.05, 0) is 24.6 Å². The number of amides is 1. The van der Waals surface area contributed by atoms with E-state index in [2.05, 4.69) is 21.2 Å². The standard InChI is InChI=1S/C12H14BrF2NO/c1-3-11(17)16-9-4-5-10(8(2)6-9)12(14,15)7-13/h4-6H,3,7H2,1-2H3,(H,16,17). The van der Waals surface area contributed by atoms with E-state index in [4.69, 9.17) is 0 Å². The summed E-state index contributed by atoms with van der Waals surface area (Å²) < 4.78 is 26.9. The second-order valence-corrected chi connectivity index (χ2v) is 4.33.